The Kier molecular flexibility index (Phi) is 3.46. The van der Waals surface area contributed by atoms with Crippen LogP contribution in [-0.2, 0) is 0 Å². The molecule has 0 bridgehead atoms. The van der Waals surface area contributed by atoms with Gasteiger partial charge in [0.05, 0.1) is 5.60 Å². The molecule has 0 aliphatic carbocycles. The van der Waals surface area contributed by atoms with Crippen LogP contribution in [0.1, 0.15) is 27.7 Å². The fourth-order valence-corrected chi connectivity index (χ4v) is 0.825. The molecule has 0 fully saturated rings. The zero-order chi connectivity index (χ0) is 8.36. The maximum Gasteiger partial charge on any atom is 0.0938 e. The van der Waals surface area contributed by atoms with Gasteiger partial charge in [-0.05, 0) is 26.3 Å². The third kappa shape index (κ3) is 2.03. The van der Waals surface area contributed by atoms with Gasteiger partial charge in [0.25, 0.3) is 0 Å². The first-order valence-corrected chi connectivity index (χ1v) is 3.98. The van der Waals surface area contributed by atoms with Gasteiger partial charge in [0.1, 0.15) is 0 Å². The molecule has 1 N–H and O–H groups in total. The smallest absolute Gasteiger partial charge is 0.0938 e. The van der Waals surface area contributed by atoms with Crippen molar-refractivity contribution in [3.05, 3.63) is 11.6 Å². The SMILES string of the molecule is C/C=C(\C)C(C)(O)C(C)S. The normalized spacial score (nSPS) is 22.0. The Morgan fingerprint density at radius 2 is 2.10 bits per heavy atom. The van der Waals surface area contributed by atoms with Gasteiger partial charge in [-0.3, -0.25) is 0 Å². The van der Waals surface area contributed by atoms with E-state index in [9.17, 15) is 5.11 Å². The van der Waals surface area contributed by atoms with E-state index in [2.05, 4.69) is 12.6 Å². The second kappa shape index (κ2) is 3.44. The predicted molar refractivity (Wildman–Crippen MR) is 48.5 cm³/mol. The number of thiol groups is 1. The van der Waals surface area contributed by atoms with Crippen molar-refractivity contribution in [3.63, 3.8) is 0 Å². The van der Waals surface area contributed by atoms with Crippen LogP contribution >= 0.6 is 12.6 Å². The standard InChI is InChI=1S/C8H16OS/c1-5-6(2)8(4,9)7(3)10/h5,7,9-10H,1-4H3/b6-5+. The number of allylic oxidation sites excluding steroid dienone is 1. The molecular formula is C8H16OS. The van der Waals surface area contributed by atoms with Gasteiger partial charge in [0.15, 0.2) is 0 Å². The van der Waals surface area contributed by atoms with Gasteiger partial charge in [-0.1, -0.05) is 13.0 Å². The zero-order valence-electron chi connectivity index (χ0n) is 7.05. The molecule has 0 spiro atoms. The van der Waals surface area contributed by atoms with Crippen molar-refractivity contribution in [2.24, 2.45) is 0 Å². The van der Waals surface area contributed by atoms with Gasteiger partial charge in [-0.2, -0.15) is 12.6 Å². The van der Waals surface area contributed by atoms with Crippen molar-refractivity contribution >= 4 is 12.6 Å². The minimum atomic E-state index is -0.766. The lowest BCUT2D eigenvalue weighted by Gasteiger charge is -2.27. The molecule has 0 aliphatic rings. The summed E-state index contributed by atoms with van der Waals surface area (Å²) in [5, 5.41) is 9.69. The van der Waals surface area contributed by atoms with Crippen LogP contribution in [0.15, 0.2) is 11.6 Å². The first kappa shape index (κ1) is 10.0. The average molecular weight is 160 g/mol. The van der Waals surface area contributed by atoms with Crippen LogP contribution in [0, 0.1) is 0 Å². The summed E-state index contributed by atoms with van der Waals surface area (Å²) in [4.78, 5) is 0. The molecule has 0 aliphatic heterocycles. The van der Waals surface area contributed by atoms with Crippen LogP contribution in [0.5, 0.6) is 0 Å². The molecule has 0 aromatic rings. The van der Waals surface area contributed by atoms with Crippen molar-refractivity contribution in [2.75, 3.05) is 0 Å². The summed E-state index contributed by atoms with van der Waals surface area (Å²) in [5.41, 5.74) is 0.202. The van der Waals surface area contributed by atoms with Gasteiger partial charge in [-0.15, -0.1) is 0 Å². The molecule has 2 heteroatoms. The molecule has 10 heavy (non-hydrogen) atoms. The van der Waals surface area contributed by atoms with Crippen molar-refractivity contribution in [1.82, 2.24) is 0 Å². The second-order valence-corrected chi connectivity index (χ2v) is 3.57. The molecule has 0 aromatic carbocycles. The lowest BCUT2D eigenvalue weighted by Crippen LogP contribution is -2.34. The monoisotopic (exact) mass is 160 g/mol. The summed E-state index contributed by atoms with van der Waals surface area (Å²) in [5.74, 6) is 0. The van der Waals surface area contributed by atoms with E-state index in [0.717, 1.165) is 5.57 Å². The topological polar surface area (TPSA) is 20.2 Å². The summed E-state index contributed by atoms with van der Waals surface area (Å²) in [6.07, 6.45) is 1.91. The van der Waals surface area contributed by atoms with E-state index in [1.54, 1.807) is 6.92 Å². The Labute approximate surface area is 68.6 Å². The fourth-order valence-electron chi connectivity index (χ4n) is 0.622. The summed E-state index contributed by atoms with van der Waals surface area (Å²) in [6, 6.07) is 0. The first-order valence-electron chi connectivity index (χ1n) is 3.46. The maximum atomic E-state index is 9.72. The van der Waals surface area contributed by atoms with E-state index >= 15 is 0 Å². The van der Waals surface area contributed by atoms with Gasteiger partial charge in [-0.25, -0.2) is 0 Å². The molecule has 0 radical (unpaired) electrons. The van der Waals surface area contributed by atoms with E-state index in [-0.39, 0.29) is 5.25 Å². The lowest BCUT2D eigenvalue weighted by molar-refractivity contribution is 0.101. The van der Waals surface area contributed by atoms with E-state index in [1.807, 2.05) is 26.8 Å². The highest BCUT2D eigenvalue weighted by Crippen LogP contribution is 2.23. The molecular weight excluding hydrogens is 144 g/mol. The molecule has 0 rings (SSSR count). The Bertz CT molecular complexity index is 136. The quantitative estimate of drug-likeness (QED) is 0.468. The fraction of sp³-hybridized carbons (Fsp3) is 0.750. The molecule has 1 nitrogen and oxygen atoms in total. The molecule has 2 unspecified atom stereocenters. The summed E-state index contributed by atoms with van der Waals surface area (Å²) in [6.45, 7) is 7.49. The number of hydrogen-bond donors (Lipinski definition) is 2. The van der Waals surface area contributed by atoms with E-state index in [0.29, 0.717) is 0 Å². The molecule has 0 heterocycles. The summed E-state index contributed by atoms with van der Waals surface area (Å²) in [7, 11) is 0. The largest absolute Gasteiger partial charge is 0.385 e. The van der Waals surface area contributed by atoms with Crippen LogP contribution in [0.3, 0.4) is 0 Å². The van der Waals surface area contributed by atoms with Crippen molar-refractivity contribution in [2.45, 2.75) is 38.5 Å². The molecule has 0 amide bonds. The van der Waals surface area contributed by atoms with Crippen LogP contribution in [-0.4, -0.2) is 16.0 Å². The van der Waals surface area contributed by atoms with Gasteiger partial charge >= 0.3 is 0 Å². The maximum absolute atomic E-state index is 9.72. The molecule has 0 aromatic heterocycles. The van der Waals surface area contributed by atoms with Crippen molar-refractivity contribution < 1.29 is 5.11 Å². The van der Waals surface area contributed by atoms with Crippen LogP contribution in [0.4, 0.5) is 0 Å². The molecule has 0 saturated heterocycles. The van der Waals surface area contributed by atoms with Crippen LogP contribution in [0.2, 0.25) is 0 Å². The van der Waals surface area contributed by atoms with Gasteiger partial charge < -0.3 is 5.11 Å². The number of rotatable bonds is 2. The number of hydrogen-bond acceptors (Lipinski definition) is 2. The minimum absolute atomic E-state index is 0.0244. The van der Waals surface area contributed by atoms with E-state index < -0.39 is 5.60 Å². The highest BCUT2D eigenvalue weighted by Gasteiger charge is 2.26. The molecule has 60 valence electrons. The second-order valence-electron chi connectivity index (χ2n) is 2.80. The third-order valence-electron chi connectivity index (χ3n) is 2.04. The molecule has 0 saturated carbocycles. The minimum Gasteiger partial charge on any atom is -0.385 e. The number of aliphatic hydroxyl groups is 1. The zero-order valence-corrected chi connectivity index (χ0v) is 7.94. The average Bonchev–Trinajstić information content (AvgIpc) is 1.86. The molecule has 2 atom stereocenters. The van der Waals surface area contributed by atoms with Gasteiger partial charge in [0, 0.05) is 5.25 Å². The van der Waals surface area contributed by atoms with Crippen molar-refractivity contribution in [3.8, 4) is 0 Å². The van der Waals surface area contributed by atoms with Crippen LogP contribution < -0.4 is 0 Å². The van der Waals surface area contributed by atoms with Gasteiger partial charge in [0.2, 0.25) is 0 Å². The van der Waals surface area contributed by atoms with E-state index in [4.69, 9.17) is 0 Å². The highest BCUT2D eigenvalue weighted by molar-refractivity contribution is 7.81. The Balaban J connectivity index is 4.40. The summed E-state index contributed by atoms with van der Waals surface area (Å²) >= 11 is 4.18. The summed E-state index contributed by atoms with van der Waals surface area (Å²) < 4.78 is 0. The van der Waals surface area contributed by atoms with Crippen LogP contribution in [0.25, 0.3) is 0 Å². The van der Waals surface area contributed by atoms with E-state index in [1.165, 1.54) is 0 Å². The highest BCUT2D eigenvalue weighted by atomic mass is 32.1. The first-order chi connectivity index (χ1) is 4.42. The Hall–Kier alpha value is 0.0500. The Morgan fingerprint density at radius 1 is 1.70 bits per heavy atom. The predicted octanol–water partition coefficient (Wildman–Crippen LogP) is 2.02. The van der Waals surface area contributed by atoms with Crippen molar-refractivity contribution in [1.29, 1.82) is 0 Å². The Morgan fingerprint density at radius 3 is 2.20 bits per heavy atom. The third-order valence-corrected chi connectivity index (χ3v) is 2.55. The lowest BCUT2D eigenvalue weighted by atomic mass is 9.94.